The van der Waals surface area contributed by atoms with Gasteiger partial charge in [-0.3, -0.25) is 0 Å². The van der Waals surface area contributed by atoms with Gasteiger partial charge in [-0.05, 0) is 5.56 Å². The van der Waals surface area contributed by atoms with Crippen molar-refractivity contribution in [3.05, 3.63) is 48.6 Å². The Morgan fingerprint density at radius 2 is 1.83 bits per heavy atom. The molecule has 0 saturated heterocycles. The Bertz CT molecular complexity index is 196. The summed E-state index contributed by atoms with van der Waals surface area (Å²) in [5.41, 5.74) is 1.18. The van der Waals surface area contributed by atoms with E-state index in [1.807, 2.05) is 36.4 Å². The summed E-state index contributed by atoms with van der Waals surface area (Å²) >= 11 is 6.80. The van der Waals surface area contributed by atoms with Crippen LogP contribution in [0, 0.1) is 0 Å². The van der Waals surface area contributed by atoms with Crippen LogP contribution in [0.2, 0.25) is 5.28 Å². The fourth-order valence-corrected chi connectivity index (χ4v) is 0.745. The van der Waals surface area contributed by atoms with Crippen LogP contribution in [0.25, 0.3) is 0 Å². The van der Waals surface area contributed by atoms with E-state index in [1.54, 1.807) is 0 Å². The quantitative estimate of drug-likeness (QED) is 0.388. The normalized spacial score (nSPS) is 8.08. The molecule has 0 aliphatic carbocycles. The highest BCUT2D eigenvalue weighted by atomic mass is 35.5. The Morgan fingerprint density at radius 3 is 2.08 bits per heavy atom. The maximum Gasteiger partial charge on any atom is 0.217 e. The van der Waals surface area contributed by atoms with Crippen molar-refractivity contribution in [1.82, 2.24) is 0 Å². The molecule has 0 aromatic heterocycles. The summed E-state index contributed by atoms with van der Waals surface area (Å²) in [7, 11) is 0. The van der Waals surface area contributed by atoms with Gasteiger partial charge < -0.3 is 0 Å². The van der Waals surface area contributed by atoms with E-state index in [1.165, 1.54) is 27.1 Å². The molecule has 0 nitrogen and oxygen atoms in total. The molecule has 1 aromatic rings. The van der Waals surface area contributed by atoms with Gasteiger partial charge in [-0.15, -0.1) is 24.3 Å². The van der Waals surface area contributed by atoms with Gasteiger partial charge >= 0.3 is 0 Å². The predicted molar refractivity (Wildman–Crippen MR) is 59.5 cm³/mol. The number of rotatable bonds is 2. The van der Waals surface area contributed by atoms with E-state index in [9.17, 15) is 0 Å². The Hall–Kier alpha value is -0.218. The van der Waals surface area contributed by atoms with Crippen LogP contribution < -0.4 is 0 Å². The first-order chi connectivity index (χ1) is 5.85. The molecule has 0 spiro atoms. The average molecular weight is 197 g/mol. The second kappa shape index (κ2) is 8.88. The topological polar surface area (TPSA) is 0 Å². The third-order valence-electron chi connectivity index (χ3n) is 1.29. The Morgan fingerprint density at radius 1 is 1.33 bits per heavy atom. The molecule has 1 rings (SSSR count). The number of allylic oxidation sites excluding steroid dienone is 1. The van der Waals surface area contributed by atoms with Gasteiger partial charge in [0.1, 0.15) is 0 Å². The molecule has 0 bridgehead atoms. The number of benzene rings is 1. The smallest absolute Gasteiger partial charge is 0.122 e. The van der Waals surface area contributed by atoms with Gasteiger partial charge in [0.25, 0.3) is 0 Å². The molecule has 0 fully saturated rings. The predicted octanol–water partition coefficient (Wildman–Crippen LogP) is 2.65. The zero-order valence-electron chi connectivity index (χ0n) is 7.46. The van der Waals surface area contributed by atoms with Crippen LogP contribution in [0.4, 0.5) is 0 Å². The molecular weight excluding hydrogens is 183 g/mol. The lowest BCUT2D eigenvalue weighted by molar-refractivity contribution is 1.41. The van der Waals surface area contributed by atoms with Gasteiger partial charge in [0, 0.05) is 5.88 Å². The molecule has 0 unspecified atom stereocenters. The van der Waals surface area contributed by atoms with Gasteiger partial charge in [0.05, 0.1) is 0 Å². The van der Waals surface area contributed by atoms with Crippen molar-refractivity contribution in [2.45, 2.75) is 11.2 Å². The average Bonchev–Trinajstić information content (AvgIpc) is 2.19. The molecule has 0 heterocycles. The van der Waals surface area contributed by atoms with Crippen molar-refractivity contribution < 1.29 is 0 Å². The van der Waals surface area contributed by atoms with Crippen LogP contribution in [0.15, 0.2) is 43.0 Å². The van der Waals surface area contributed by atoms with E-state index in [2.05, 4.69) is 6.58 Å². The Labute approximate surface area is 87.7 Å². The molecule has 0 N–H and O–H groups in total. The third kappa shape index (κ3) is 6.49. The highest BCUT2D eigenvalue weighted by Crippen LogP contribution is 2.00. The summed E-state index contributed by atoms with van der Waals surface area (Å²) < 4.78 is 0. The van der Waals surface area contributed by atoms with Crippen molar-refractivity contribution in [2.75, 3.05) is 0 Å². The van der Waals surface area contributed by atoms with Crippen LogP contribution in [0.1, 0.15) is 5.56 Å². The van der Waals surface area contributed by atoms with Crippen LogP contribution in [-0.4, -0.2) is 16.3 Å². The van der Waals surface area contributed by atoms with E-state index in [-0.39, 0.29) is 0 Å². The summed E-state index contributed by atoms with van der Waals surface area (Å²) in [6, 6.07) is 9.96. The molecule has 0 aliphatic rings. The highest BCUT2D eigenvalue weighted by molar-refractivity contribution is 6.17. The molecule has 0 amide bonds. The van der Waals surface area contributed by atoms with Gasteiger partial charge in [-0.25, -0.2) is 0 Å². The summed E-state index contributed by atoms with van der Waals surface area (Å²) in [6.45, 7) is 3.51. The number of hydrogen-bond donors (Lipinski definition) is 0. The largest absolute Gasteiger partial charge is 0.217 e. The van der Waals surface area contributed by atoms with Crippen molar-refractivity contribution in [3.8, 4) is 0 Å². The van der Waals surface area contributed by atoms with E-state index in [0.717, 1.165) is 0 Å². The lowest BCUT2D eigenvalue weighted by Gasteiger charge is -1.88. The second-order valence-corrected chi connectivity index (χ2v) is 3.40. The fourth-order valence-electron chi connectivity index (χ4n) is 0.567. The first kappa shape index (κ1) is 11.8. The summed E-state index contributed by atoms with van der Waals surface area (Å²) in [4.78, 5) is 0. The summed E-state index contributed by atoms with van der Waals surface area (Å²) in [5.74, 6) is 0.612. The Balaban J connectivity index is 0.000000261. The number of halogens is 1. The van der Waals surface area contributed by atoms with Crippen molar-refractivity contribution in [1.29, 1.82) is 0 Å². The first-order valence-corrected chi connectivity index (χ1v) is 6.00. The minimum absolute atomic E-state index is 0.612. The highest BCUT2D eigenvalue weighted by Gasteiger charge is 1.81. The molecule has 2 heteroatoms. The van der Waals surface area contributed by atoms with E-state index in [0.29, 0.717) is 5.88 Å². The van der Waals surface area contributed by atoms with E-state index in [4.69, 9.17) is 11.6 Å². The molecule has 0 radical (unpaired) electrons. The van der Waals surface area contributed by atoms with Crippen LogP contribution in [0.3, 0.4) is 0 Å². The van der Waals surface area contributed by atoms with E-state index < -0.39 is 0 Å². The van der Waals surface area contributed by atoms with Crippen molar-refractivity contribution in [3.63, 3.8) is 0 Å². The van der Waals surface area contributed by atoms with Gasteiger partial charge in [0.15, 0.2) is 0 Å². The maximum absolute atomic E-state index is 5.53. The first-order valence-electron chi connectivity index (χ1n) is 4.06. The number of alkyl halides is 1. The summed E-state index contributed by atoms with van der Waals surface area (Å²) in [5, 5.41) is 1.22. The lowest BCUT2D eigenvalue weighted by atomic mass is 10.2. The number of hydrogen-bond acceptors (Lipinski definition) is 0. The zero-order chi connectivity index (χ0) is 9.23. The lowest BCUT2D eigenvalue weighted by Crippen LogP contribution is -1.71. The van der Waals surface area contributed by atoms with Gasteiger partial charge in [0.2, 0.25) is 16.3 Å². The minimum atomic E-state index is 0.612. The summed E-state index contributed by atoms with van der Waals surface area (Å²) in [6.07, 6.45) is 1.94. The van der Waals surface area contributed by atoms with Crippen LogP contribution >= 0.6 is 11.6 Å². The van der Waals surface area contributed by atoms with Crippen molar-refractivity contribution >= 4 is 27.9 Å². The molecule has 1 aromatic carbocycles. The molecular formula is C10H14AlCl. The monoisotopic (exact) mass is 196 g/mol. The van der Waals surface area contributed by atoms with Crippen LogP contribution in [0.5, 0.6) is 0 Å². The van der Waals surface area contributed by atoms with E-state index >= 15 is 0 Å². The molecule has 12 heavy (non-hydrogen) atoms. The minimum Gasteiger partial charge on any atom is -0.122 e. The van der Waals surface area contributed by atoms with Crippen molar-refractivity contribution in [2.24, 2.45) is 0 Å². The second-order valence-electron chi connectivity index (χ2n) is 2.32. The van der Waals surface area contributed by atoms with Gasteiger partial charge in [-0.2, -0.15) is 0 Å². The van der Waals surface area contributed by atoms with Gasteiger partial charge in [-0.1, -0.05) is 35.6 Å². The third-order valence-corrected chi connectivity index (χ3v) is 2.17. The maximum atomic E-state index is 5.53. The standard InChI is InChI=1S/C7H7Cl.C3H5.Al.2H/c8-6-7-4-2-1-3-5-7;1-3-2;;;/h1-5H,6H2;3H,1-2H2;;;. The molecule has 0 saturated carbocycles. The molecule has 64 valence electrons. The van der Waals surface area contributed by atoms with Crippen LogP contribution in [-0.2, 0) is 5.88 Å². The Kier molecular flexibility index (Phi) is 8.71. The fraction of sp³-hybridized carbons (Fsp3) is 0.200. The molecule has 0 aliphatic heterocycles. The SMILES string of the molecule is C=C[CH2][AlH2].ClCc1ccccc1. The zero-order valence-corrected chi connectivity index (χ0v) is 10.2. The molecule has 0 atom stereocenters.